The molecule has 0 radical (unpaired) electrons. The van der Waals surface area contributed by atoms with Crippen molar-refractivity contribution in [3.8, 4) is 0 Å². The summed E-state index contributed by atoms with van der Waals surface area (Å²) in [5, 5.41) is 3.61. The average Bonchev–Trinajstić information content (AvgIpc) is 2.78. The minimum absolute atomic E-state index is 0.0932. The molecular formula is C25H30ClN3O2. The van der Waals surface area contributed by atoms with Crippen LogP contribution in [-0.4, -0.2) is 47.8 Å². The molecule has 2 amide bonds. The molecule has 2 aliphatic rings. The predicted molar refractivity (Wildman–Crippen MR) is 123 cm³/mol. The largest absolute Gasteiger partial charge is 0.351 e. The van der Waals surface area contributed by atoms with Crippen LogP contribution in [0.4, 0.5) is 0 Å². The molecular weight excluding hydrogens is 410 g/mol. The van der Waals surface area contributed by atoms with Crippen molar-refractivity contribution in [3.05, 3.63) is 70.2 Å². The molecule has 0 bridgehead atoms. The van der Waals surface area contributed by atoms with Crippen LogP contribution in [0, 0.1) is 5.92 Å². The number of amides is 2. The summed E-state index contributed by atoms with van der Waals surface area (Å²) in [6.45, 7) is 5.10. The topological polar surface area (TPSA) is 52.7 Å². The highest BCUT2D eigenvalue weighted by Crippen LogP contribution is 2.32. The van der Waals surface area contributed by atoms with Gasteiger partial charge >= 0.3 is 0 Å². The summed E-state index contributed by atoms with van der Waals surface area (Å²) in [6, 6.07) is 15.3. The minimum Gasteiger partial charge on any atom is -0.351 e. The van der Waals surface area contributed by atoms with Crippen LogP contribution in [0.2, 0.25) is 5.02 Å². The highest BCUT2D eigenvalue weighted by atomic mass is 35.5. The molecule has 164 valence electrons. The van der Waals surface area contributed by atoms with E-state index in [-0.39, 0.29) is 18.4 Å². The summed E-state index contributed by atoms with van der Waals surface area (Å²) in [7, 11) is 0. The molecule has 5 nitrogen and oxygen atoms in total. The fraction of sp³-hybridized carbons (Fsp3) is 0.440. The normalized spacial score (nSPS) is 19.7. The molecule has 31 heavy (non-hydrogen) atoms. The van der Waals surface area contributed by atoms with Crippen molar-refractivity contribution in [1.82, 2.24) is 15.1 Å². The lowest BCUT2D eigenvalue weighted by atomic mass is 9.90. The van der Waals surface area contributed by atoms with Crippen LogP contribution in [0.1, 0.15) is 42.5 Å². The number of hydrogen-bond acceptors (Lipinski definition) is 3. The number of nitrogens with one attached hydrogen (secondary N) is 1. The van der Waals surface area contributed by atoms with E-state index in [1.807, 2.05) is 52.3 Å². The van der Waals surface area contributed by atoms with Crippen LogP contribution in [0.3, 0.4) is 0 Å². The Kier molecular flexibility index (Phi) is 6.93. The number of likely N-dealkylation sites (tertiary alicyclic amines) is 1. The number of rotatable bonds is 5. The van der Waals surface area contributed by atoms with Gasteiger partial charge in [0, 0.05) is 31.2 Å². The van der Waals surface area contributed by atoms with Crippen LogP contribution in [0.25, 0.3) is 0 Å². The first-order chi connectivity index (χ1) is 15.0. The van der Waals surface area contributed by atoms with Gasteiger partial charge < -0.3 is 10.2 Å². The Morgan fingerprint density at radius 2 is 1.74 bits per heavy atom. The number of carbonyl (C=O) groups excluding carboxylic acids is 2. The molecule has 0 saturated carbocycles. The molecule has 1 atom stereocenters. The summed E-state index contributed by atoms with van der Waals surface area (Å²) in [5.41, 5.74) is 3.13. The zero-order valence-electron chi connectivity index (χ0n) is 18.0. The Labute approximate surface area is 189 Å². The van der Waals surface area contributed by atoms with Crippen molar-refractivity contribution in [2.75, 3.05) is 26.2 Å². The van der Waals surface area contributed by atoms with Gasteiger partial charge in [0.25, 0.3) is 0 Å². The zero-order valence-corrected chi connectivity index (χ0v) is 18.8. The van der Waals surface area contributed by atoms with Gasteiger partial charge in [0.15, 0.2) is 0 Å². The number of carbonyl (C=O) groups is 2. The lowest BCUT2D eigenvalue weighted by Gasteiger charge is -2.40. The van der Waals surface area contributed by atoms with Gasteiger partial charge in [-0.2, -0.15) is 0 Å². The molecule has 0 aromatic heterocycles. The van der Waals surface area contributed by atoms with Gasteiger partial charge in [-0.25, -0.2) is 0 Å². The van der Waals surface area contributed by atoms with Gasteiger partial charge in [-0.05, 0) is 47.9 Å². The van der Waals surface area contributed by atoms with E-state index < -0.39 is 6.04 Å². The second-order valence-corrected chi connectivity index (χ2v) is 9.10. The summed E-state index contributed by atoms with van der Waals surface area (Å²) < 4.78 is 0. The monoisotopic (exact) mass is 439 g/mol. The second-order valence-electron chi connectivity index (χ2n) is 8.70. The van der Waals surface area contributed by atoms with Crippen molar-refractivity contribution in [2.24, 2.45) is 5.92 Å². The highest BCUT2D eigenvalue weighted by Gasteiger charge is 2.37. The Balaban J connectivity index is 1.48. The van der Waals surface area contributed by atoms with E-state index in [0.29, 0.717) is 24.0 Å². The summed E-state index contributed by atoms with van der Waals surface area (Å²) in [5.74, 6) is 0.691. The quantitative estimate of drug-likeness (QED) is 0.770. The summed E-state index contributed by atoms with van der Waals surface area (Å²) in [4.78, 5) is 30.4. The number of halogens is 1. The molecule has 1 fully saturated rings. The van der Waals surface area contributed by atoms with E-state index in [9.17, 15) is 9.59 Å². The number of benzene rings is 2. The van der Waals surface area contributed by atoms with E-state index in [2.05, 4.69) is 18.3 Å². The van der Waals surface area contributed by atoms with Crippen molar-refractivity contribution in [2.45, 2.75) is 38.8 Å². The van der Waals surface area contributed by atoms with Crippen molar-refractivity contribution in [1.29, 1.82) is 0 Å². The first kappa shape index (κ1) is 21.8. The average molecular weight is 440 g/mol. The Hall–Kier alpha value is -2.37. The molecule has 6 heteroatoms. The maximum absolute atomic E-state index is 13.6. The number of hydrogen-bond donors (Lipinski definition) is 1. The maximum Gasteiger partial charge on any atom is 0.244 e. The van der Waals surface area contributed by atoms with Gasteiger partial charge in [-0.3, -0.25) is 14.5 Å². The van der Waals surface area contributed by atoms with Crippen LogP contribution >= 0.6 is 11.6 Å². The van der Waals surface area contributed by atoms with E-state index in [1.54, 1.807) is 0 Å². The van der Waals surface area contributed by atoms with Gasteiger partial charge in [0.05, 0.1) is 6.54 Å². The van der Waals surface area contributed by atoms with E-state index >= 15 is 0 Å². The standard InChI is InChI=1S/C25H30ClN3O2/c1-18-10-13-28(14-11-18)25(31)24-21-8-4-2-6-19(21)12-15-29(24)17-23(30)27-16-20-7-3-5-9-22(20)26/h2-9,18,24H,10-17H2,1H3,(H,27,30)/t24-/m0/s1. The first-order valence-electron chi connectivity index (χ1n) is 11.1. The SMILES string of the molecule is CC1CCN(C(=O)[C@@H]2c3ccccc3CCN2CC(=O)NCc2ccccc2Cl)CC1. The molecule has 1 N–H and O–H groups in total. The maximum atomic E-state index is 13.6. The third kappa shape index (κ3) is 5.10. The molecule has 4 rings (SSSR count). The smallest absolute Gasteiger partial charge is 0.244 e. The highest BCUT2D eigenvalue weighted by molar-refractivity contribution is 6.31. The van der Waals surface area contributed by atoms with E-state index in [4.69, 9.17) is 11.6 Å². The Morgan fingerprint density at radius 3 is 2.52 bits per heavy atom. The molecule has 1 saturated heterocycles. The molecule has 2 aromatic carbocycles. The second kappa shape index (κ2) is 9.84. The van der Waals surface area contributed by atoms with E-state index in [0.717, 1.165) is 43.5 Å². The molecule has 0 aliphatic carbocycles. The lowest BCUT2D eigenvalue weighted by Crippen LogP contribution is -2.50. The molecule has 2 aliphatic heterocycles. The Morgan fingerprint density at radius 1 is 1.03 bits per heavy atom. The van der Waals surface area contributed by atoms with Gasteiger partial charge in [-0.1, -0.05) is 61.0 Å². The van der Waals surface area contributed by atoms with Crippen LogP contribution < -0.4 is 5.32 Å². The molecule has 0 unspecified atom stereocenters. The van der Waals surface area contributed by atoms with E-state index in [1.165, 1.54) is 5.56 Å². The minimum atomic E-state index is -0.399. The number of piperidine rings is 1. The van der Waals surface area contributed by atoms with Crippen molar-refractivity contribution in [3.63, 3.8) is 0 Å². The van der Waals surface area contributed by atoms with Crippen molar-refractivity contribution >= 4 is 23.4 Å². The fourth-order valence-electron chi connectivity index (χ4n) is 4.56. The first-order valence-corrected chi connectivity index (χ1v) is 11.5. The van der Waals surface area contributed by atoms with Crippen molar-refractivity contribution < 1.29 is 9.59 Å². The molecule has 0 spiro atoms. The molecule has 2 aromatic rings. The molecule has 2 heterocycles. The number of nitrogens with zero attached hydrogens (tertiary/aromatic N) is 2. The third-order valence-electron chi connectivity index (χ3n) is 6.49. The fourth-order valence-corrected chi connectivity index (χ4v) is 4.76. The van der Waals surface area contributed by atoms with Crippen LogP contribution in [-0.2, 0) is 22.6 Å². The van der Waals surface area contributed by atoms with Gasteiger partial charge in [0.1, 0.15) is 6.04 Å². The lowest BCUT2D eigenvalue weighted by molar-refractivity contribution is -0.140. The summed E-state index contributed by atoms with van der Waals surface area (Å²) >= 11 is 6.20. The third-order valence-corrected chi connectivity index (χ3v) is 6.86. The predicted octanol–water partition coefficient (Wildman–Crippen LogP) is 3.81. The zero-order chi connectivity index (χ0) is 21.8. The number of fused-ring (bicyclic) bond motifs is 1. The van der Waals surface area contributed by atoms with Gasteiger partial charge in [-0.15, -0.1) is 0 Å². The summed E-state index contributed by atoms with van der Waals surface area (Å²) in [6.07, 6.45) is 2.92. The Bertz CT molecular complexity index is 940. The van der Waals surface area contributed by atoms with Crippen LogP contribution in [0.15, 0.2) is 48.5 Å². The van der Waals surface area contributed by atoms with Gasteiger partial charge in [0.2, 0.25) is 11.8 Å². The van der Waals surface area contributed by atoms with Crippen LogP contribution in [0.5, 0.6) is 0 Å².